The van der Waals surface area contributed by atoms with Crippen molar-refractivity contribution in [3.8, 4) is 5.75 Å². The highest BCUT2D eigenvalue weighted by molar-refractivity contribution is 6.17. The van der Waals surface area contributed by atoms with Crippen molar-refractivity contribution in [3.05, 3.63) is 18.7 Å². The number of hydrogen-bond acceptors (Lipinski definition) is 4. The Hall–Kier alpha value is -1.10. The monoisotopic (exact) mass is 124 g/mol. The van der Waals surface area contributed by atoms with Gasteiger partial charge in [-0.3, -0.25) is 0 Å². The molecule has 0 aliphatic heterocycles. The molecule has 0 fully saturated rings. The highest BCUT2D eigenvalue weighted by Crippen LogP contribution is 2.01. The second kappa shape index (κ2) is 3.04. The van der Waals surface area contributed by atoms with Gasteiger partial charge >= 0.3 is 7.69 Å². The Morgan fingerprint density at radius 3 is 2.67 bits per heavy atom. The Morgan fingerprint density at radius 1 is 1.44 bits per heavy atom. The van der Waals surface area contributed by atoms with Gasteiger partial charge in [0, 0.05) is 0 Å². The van der Waals surface area contributed by atoms with Gasteiger partial charge in [-0.25, -0.2) is 9.97 Å². The number of aromatic nitrogens is 2. The van der Waals surface area contributed by atoms with Crippen LogP contribution in [0, 0.1) is 0 Å². The highest BCUT2D eigenvalue weighted by atomic mass is 16.5. The molecule has 9 heavy (non-hydrogen) atoms. The lowest BCUT2D eigenvalue weighted by atomic mass is 10.4. The van der Waals surface area contributed by atoms with Crippen molar-refractivity contribution >= 4 is 7.69 Å². The highest BCUT2D eigenvalue weighted by Gasteiger charge is 1.89. The van der Waals surface area contributed by atoms with E-state index in [4.69, 9.17) is 5.02 Å². The topological polar surface area (TPSA) is 55.2 Å². The number of nitrogens with zero attached hydrogens (tertiary/aromatic N) is 2. The molecular weight excluding hydrogens is 119 g/mol. The molecule has 0 atom stereocenters. The van der Waals surface area contributed by atoms with Crippen LogP contribution in [-0.2, 0) is 0 Å². The second-order valence-electron chi connectivity index (χ2n) is 1.35. The summed E-state index contributed by atoms with van der Waals surface area (Å²) in [6, 6.07) is 0. The Balaban J connectivity index is 2.61. The van der Waals surface area contributed by atoms with Gasteiger partial charge in [-0.1, -0.05) is 0 Å². The molecule has 1 rings (SSSR count). The fraction of sp³-hybridized carbons (Fsp3) is 0. The Bertz CT molecular complexity index is 169. The van der Waals surface area contributed by atoms with Gasteiger partial charge < -0.3 is 9.68 Å². The van der Waals surface area contributed by atoms with Gasteiger partial charge in [0.05, 0.1) is 12.4 Å². The lowest BCUT2D eigenvalue weighted by Crippen LogP contribution is -1.99. The summed E-state index contributed by atoms with van der Waals surface area (Å²) >= 11 is 0. The quantitative estimate of drug-likeness (QED) is 0.519. The van der Waals surface area contributed by atoms with Crippen LogP contribution in [0.4, 0.5) is 0 Å². The fourth-order valence-corrected chi connectivity index (χ4v) is 0.434. The van der Waals surface area contributed by atoms with Gasteiger partial charge in [-0.05, 0) is 0 Å². The van der Waals surface area contributed by atoms with Crippen LogP contribution in [0.15, 0.2) is 18.7 Å². The van der Waals surface area contributed by atoms with Crippen molar-refractivity contribution in [2.45, 2.75) is 0 Å². The van der Waals surface area contributed by atoms with Crippen molar-refractivity contribution in [3.63, 3.8) is 0 Å². The van der Waals surface area contributed by atoms with Crippen molar-refractivity contribution in [1.29, 1.82) is 0 Å². The van der Waals surface area contributed by atoms with Gasteiger partial charge in [0.25, 0.3) is 0 Å². The maximum Gasteiger partial charge on any atom is 0.504 e. The maximum atomic E-state index is 8.24. The predicted molar refractivity (Wildman–Crippen MR) is 32.0 cm³/mol. The van der Waals surface area contributed by atoms with Crippen LogP contribution >= 0.6 is 0 Å². The van der Waals surface area contributed by atoms with Gasteiger partial charge in [-0.15, -0.1) is 0 Å². The minimum atomic E-state index is -0.340. The first-order valence-electron chi connectivity index (χ1n) is 2.42. The molecule has 0 saturated heterocycles. The zero-order valence-corrected chi connectivity index (χ0v) is 4.69. The largest absolute Gasteiger partial charge is 0.537 e. The van der Waals surface area contributed by atoms with Crippen LogP contribution in [0.5, 0.6) is 5.75 Å². The summed E-state index contributed by atoms with van der Waals surface area (Å²) in [4.78, 5) is 7.31. The summed E-state index contributed by atoms with van der Waals surface area (Å²) < 4.78 is 4.64. The Morgan fingerprint density at radius 2 is 2.11 bits per heavy atom. The van der Waals surface area contributed by atoms with E-state index < -0.39 is 0 Å². The van der Waals surface area contributed by atoms with E-state index >= 15 is 0 Å². The lowest BCUT2D eigenvalue weighted by Gasteiger charge is -1.96. The zero-order chi connectivity index (χ0) is 6.53. The van der Waals surface area contributed by atoms with Crippen LogP contribution in [0.1, 0.15) is 0 Å². The molecule has 0 aliphatic rings. The second-order valence-corrected chi connectivity index (χ2v) is 1.35. The van der Waals surface area contributed by atoms with Gasteiger partial charge in [-0.2, -0.15) is 0 Å². The molecule has 0 radical (unpaired) electrons. The molecule has 0 bridgehead atoms. The molecular formula is C4H5BN2O2. The molecule has 1 heterocycles. The normalized spacial score (nSPS) is 8.56. The molecule has 0 saturated carbocycles. The van der Waals surface area contributed by atoms with Gasteiger partial charge in [0.2, 0.25) is 0 Å². The SMILES string of the molecule is OBOc1cncnc1. The third-order valence-electron chi connectivity index (χ3n) is 0.768. The molecule has 5 heteroatoms. The van der Waals surface area contributed by atoms with E-state index in [9.17, 15) is 0 Å². The molecule has 0 spiro atoms. The number of hydrogen-bond donors (Lipinski definition) is 1. The lowest BCUT2D eigenvalue weighted by molar-refractivity contribution is 0.451. The molecule has 0 unspecified atom stereocenters. The average Bonchev–Trinajstić information content (AvgIpc) is 1.91. The first kappa shape index (κ1) is 6.03. The van der Waals surface area contributed by atoms with Gasteiger partial charge in [0.1, 0.15) is 12.1 Å². The Labute approximate surface area is 52.8 Å². The smallest absolute Gasteiger partial charge is 0.504 e. The maximum absolute atomic E-state index is 8.24. The summed E-state index contributed by atoms with van der Waals surface area (Å²) in [5.41, 5.74) is 0. The summed E-state index contributed by atoms with van der Waals surface area (Å²) in [7, 11) is -0.340. The van der Waals surface area contributed by atoms with Crippen LogP contribution in [-0.4, -0.2) is 22.7 Å². The van der Waals surface area contributed by atoms with E-state index in [1.54, 1.807) is 0 Å². The minimum absolute atomic E-state index is 0.340. The molecule has 0 aliphatic carbocycles. The molecule has 0 aromatic carbocycles. The summed E-state index contributed by atoms with van der Waals surface area (Å²) in [5, 5.41) is 8.24. The van der Waals surface area contributed by atoms with Crippen molar-refractivity contribution in [1.82, 2.24) is 9.97 Å². The average molecular weight is 124 g/mol. The first-order chi connectivity index (χ1) is 4.43. The standard InChI is InChI=1S/C4H5BN2O2/c8-5-9-4-1-6-3-7-2-4/h1-3,5,8H. The van der Waals surface area contributed by atoms with Crippen molar-refractivity contribution < 1.29 is 9.68 Å². The molecule has 1 aromatic rings. The number of rotatable bonds is 2. The van der Waals surface area contributed by atoms with Crippen LogP contribution in [0.3, 0.4) is 0 Å². The summed E-state index contributed by atoms with van der Waals surface area (Å²) in [5.74, 6) is 0.472. The fourth-order valence-electron chi connectivity index (χ4n) is 0.434. The van der Waals surface area contributed by atoms with Crippen LogP contribution in [0.2, 0.25) is 0 Å². The molecule has 0 amide bonds. The third-order valence-corrected chi connectivity index (χ3v) is 0.768. The predicted octanol–water partition coefficient (Wildman–Crippen LogP) is -0.886. The van der Waals surface area contributed by atoms with E-state index in [1.807, 2.05) is 0 Å². The molecule has 1 aromatic heterocycles. The van der Waals surface area contributed by atoms with Crippen LogP contribution in [0.25, 0.3) is 0 Å². The van der Waals surface area contributed by atoms with E-state index in [0.717, 1.165) is 0 Å². The summed E-state index contributed by atoms with van der Waals surface area (Å²) in [6.07, 6.45) is 4.34. The third kappa shape index (κ3) is 1.69. The van der Waals surface area contributed by atoms with Crippen LogP contribution < -0.4 is 4.65 Å². The first-order valence-corrected chi connectivity index (χ1v) is 2.42. The Kier molecular flexibility index (Phi) is 2.03. The van der Waals surface area contributed by atoms with Crippen molar-refractivity contribution in [2.75, 3.05) is 0 Å². The zero-order valence-electron chi connectivity index (χ0n) is 4.69. The minimum Gasteiger partial charge on any atom is -0.537 e. The van der Waals surface area contributed by atoms with Gasteiger partial charge in [0.15, 0.2) is 0 Å². The molecule has 46 valence electrons. The molecule has 1 N–H and O–H groups in total. The van der Waals surface area contributed by atoms with E-state index in [2.05, 4.69) is 14.6 Å². The summed E-state index contributed by atoms with van der Waals surface area (Å²) in [6.45, 7) is 0. The van der Waals surface area contributed by atoms with E-state index in [-0.39, 0.29) is 7.69 Å². The molecule has 4 nitrogen and oxygen atoms in total. The van der Waals surface area contributed by atoms with E-state index in [0.29, 0.717) is 5.75 Å². The van der Waals surface area contributed by atoms with E-state index in [1.165, 1.54) is 18.7 Å². The van der Waals surface area contributed by atoms with Crippen molar-refractivity contribution in [2.24, 2.45) is 0 Å².